The number of aliphatic carboxylic acids is 1. The maximum absolute atomic E-state index is 14.8. The van der Waals surface area contributed by atoms with Crippen LogP contribution in [0.1, 0.15) is 5.56 Å². The Labute approximate surface area is 187 Å². The van der Waals surface area contributed by atoms with Gasteiger partial charge in [-0.25, -0.2) is 14.2 Å². The third-order valence-corrected chi connectivity index (χ3v) is 5.65. The highest BCUT2D eigenvalue weighted by molar-refractivity contribution is 7.08. The fourth-order valence-corrected chi connectivity index (χ4v) is 4.13. The Bertz CT molecular complexity index is 1460. The molecule has 0 atom stereocenters. The summed E-state index contributed by atoms with van der Waals surface area (Å²) in [5, 5.41) is 12.8. The van der Waals surface area contributed by atoms with E-state index in [2.05, 4.69) is 19.9 Å². The van der Waals surface area contributed by atoms with E-state index < -0.39 is 12.1 Å². The number of thiophene rings is 1. The molecule has 168 valence electrons. The number of fused-ring (bicyclic) bond motifs is 3. The molecule has 0 saturated carbocycles. The van der Waals surface area contributed by atoms with Gasteiger partial charge in [-0.05, 0) is 47.0 Å². The highest BCUT2D eigenvalue weighted by Crippen LogP contribution is 2.38. The van der Waals surface area contributed by atoms with Crippen molar-refractivity contribution in [3.05, 3.63) is 65.1 Å². The van der Waals surface area contributed by atoms with Crippen LogP contribution < -0.4 is 0 Å². The van der Waals surface area contributed by atoms with E-state index in [9.17, 15) is 17.6 Å². The molecule has 5 aromatic rings. The molecule has 33 heavy (non-hydrogen) atoms. The first-order valence-corrected chi connectivity index (χ1v) is 10.3. The van der Waals surface area contributed by atoms with Gasteiger partial charge in [-0.2, -0.15) is 24.5 Å². The molecule has 0 spiro atoms. The number of carboxylic acids is 1. The normalized spacial score (nSPS) is 11.4. The molecule has 0 bridgehead atoms. The molecule has 11 heteroatoms. The van der Waals surface area contributed by atoms with Crippen LogP contribution in [0.25, 0.3) is 44.3 Å². The molecule has 5 heterocycles. The van der Waals surface area contributed by atoms with Gasteiger partial charge in [0, 0.05) is 34.3 Å². The number of halogens is 4. The minimum atomic E-state index is -5.08. The number of hydrogen-bond donors (Lipinski definition) is 2. The van der Waals surface area contributed by atoms with E-state index in [0.717, 1.165) is 38.7 Å². The lowest BCUT2D eigenvalue weighted by Gasteiger charge is -2.06. The van der Waals surface area contributed by atoms with E-state index in [4.69, 9.17) is 9.90 Å². The van der Waals surface area contributed by atoms with Gasteiger partial charge in [0.1, 0.15) is 11.5 Å². The summed E-state index contributed by atoms with van der Waals surface area (Å²) in [5.74, 6) is -3.08. The summed E-state index contributed by atoms with van der Waals surface area (Å²) in [7, 11) is 0. The summed E-state index contributed by atoms with van der Waals surface area (Å²) >= 11 is 1.57. The molecular formula is C22H14F4N4O2S. The molecule has 0 radical (unpaired) electrons. The minimum Gasteiger partial charge on any atom is -0.475 e. The van der Waals surface area contributed by atoms with Gasteiger partial charge in [-0.15, -0.1) is 0 Å². The zero-order valence-corrected chi connectivity index (χ0v) is 17.6. The molecule has 5 aromatic heterocycles. The first-order chi connectivity index (χ1) is 15.7. The Hall–Kier alpha value is -3.86. The first kappa shape index (κ1) is 22.3. The number of nitrogens with zero attached hydrogens (tertiary/aromatic N) is 3. The van der Waals surface area contributed by atoms with Gasteiger partial charge in [0.2, 0.25) is 0 Å². The van der Waals surface area contributed by atoms with E-state index in [-0.39, 0.29) is 5.82 Å². The van der Waals surface area contributed by atoms with Crippen molar-refractivity contribution in [1.29, 1.82) is 0 Å². The average Bonchev–Trinajstić information content (AvgIpc) is 3.37. The Morgan fingerprint density at radius 2 is 1.91 bits per heavy atom. The second kappa shape index (κ2) is 8.58. The van der Waals surface area contributed by atoms with Crippen molar-refractivity contribution < 1.29 is 27.5 Å². The first-order valence-electron chi connectivity index (χ1n) is 9.36. The van der Waals surface area contributed by atoms with Crippen LogP contribution in [0.3, 0.4) is 0 Å². The Kier molecular flexibility index (Phi) is 5.81. The summed E-state index contributed by atoms with van der Waals surface area (Å²) < 4.78 is 46.5. The smallest absolute Gasteiger partial charge is 0.475 e. The molecule has 0 aliphatic carbocycles. The lowest BCUT2D eigenvalue weighted by atomic mass is 10.0. The number of rotatable bonds is 2. The van der Waals surface area contributed by atoms with Crippen LogP contribution in [0.5, 0.6) is 0 Å². The number of H-pyrrole nitrogens is 1. The molecule has 5 rings (SSSR count). The van der Waals surface area contributed by atoms with Gasteiger partial charge in [-0.1, -0.05) is 0 Å². The SMILES string of the molecule is Cc1cscc1-c1c(F)cnc2[nH]c3cnc(-c4cccnc4)cc3c12.O=C(O)C(F)(F)F. The third-order valence-electron chi connectivity index (χ3n) is 4.78. The Morgan fingerprint density at radius 1 is 1.15 bits per heavy atom. The number of carbonyl (C=O) groups is 1. The summed E-state index contributed by atoms with van der Waals surface area (Å²) in [5.41, 5.74) is 5.75. The van der Waals surface area contributed by atoms with Crippen molar-refractivity contribution in [1.82, 2.24) is 19.9 Å². The fraction of sp³-hybridized carbons (Fsp3) is 0.0909. The molecule has 0 aliphatic heterocycles. The zero-order chi connectivity index (χ0) is 23.8. The second-order valence-electron chi connectivity index (χ2n) is 6.96. The Balaban J connectivity index is 0.000000325. The number of pyridine rings is 3. The van der Waals surface area contributed by atoms with Crippen LogP contribution in [0.4, 0.5) is 17.6 Å². The molecule has 0 fully saturated rings. The number of aromatic amines is 1. The monoisotopic (exact) mass is 474 g/mol. The van der Waals surface area contributed by atoms with Crippen molar-refractivity contribution in [3.63, 3.8) is 0 Å². The number of carboxylic acid groups (broad SMARTS) is 1. The number of hydrogen-bond acceptors (Lipinski definition) is 5. The molecule has 2 N–H and O–H groups in total. The maximum Gasteiger partial charge on any atom is 0.490 e. The third kappa shape index (κ3) is 4.40. The summed E-state index contributed by atoms with van der Waals surface area (Å²) in [6.07, 6.45) is 1.46. The van der Waals surface area contributed by atoms with Gasteiger partial charge >= 0.3 is 12.1 Å². The van der Waals surface area contributed by atoms with Crippen molar-refractivity contribution in [2.45, 2.75) is 13.1 Å². The molecular weight excluding hydrogens is 460 g/mol. The van der Waals surface area contributed by atoms with E-state index >= 15 is 0 Å². The van der Waals surface area contributed by atoms with Gasteiger partial charge in [0.05, 0.1) is 23.6 Å². The number of alkyl halides is 3. The van der Waals surface area contributed by atoms with Crippen LogP contribution in [0, 0.1) is 12.7 Å². The van der Waals surface area contributed by atoms with Crippen molar-refractivity contribution in [2.24, 2.45) is 0 Å². The molecule has 0 aromatic carbocycles. The van der Waals surface area contributed by atoms with E-state index in [1.54, 1.807) is 29.9 Å². The maximum atomic E-state index is 14.8. The van der Waals surface area contributed by atoms with Crippen molar-refractivity contribution >= 4 is 39.2 Å². The molecule has 0 aliphatic rings. The van der Waals surface area contributed by atoms with Crippen molar-refractivity contribution in [3.8, 4) is 22.4 Å². The van der Waals surface area contributed by atoms with Crippen LogP contribution in [0.15, 0.2) is 53.7 Å². The van der Waals surface area contributed by atoms with E-state index in [0.29, 0.717) is 11.2 Å². The fourth-order valence-electron chi connectivity index (χ4n) is 3.29. The van der Waals surface area contributed by atoms with Gasteiger partial charge < -0.3 is 10.1 Å². The number of aromatic nitrogens is 4. The second-order valence-corrected chi connectivity index (χ2v) is 7.70. The van der Waals surface area contributed by atoms with Crippen LogP contribution in [0.2, 0.25) is 0 Å². The summed E-state index contributed by atoms with van der Waals surface area (Å²) in [4.78, 5) is 25.1. The van der Waals surface area contributed by atoms with Crippen molar-refractivity contribution in [2.75, 3.05) is 0 Å². The highest BCUT2D eigenvalue weighted by Gasteiger charge is 2.38. The standard InChI is InChI=1S/C20H13FN4S.C2HF3O2/c1-11-9-26-10-14(11)18-15(21)7-24-20-19(18)13-5-16(23-8-17(13)25-20)12-3-2-4-22-6-12;3-2(4,5)1(6)7/h2-10H,1H3,(H,24,25);(H,6,7). The predicted octanol–water partition coefficient (Wildman–Crippen LogP) is 5.98. The van der Waals surface area contributed by atoms with Gasteiger partial charge in [0.15, 0.2) is 0 Å². The number of aryl methyl sites for hydroxylation is 1. The van der Waals surface area contributed by atoms with Crippen LogP contribution in [-0.4, -0.2) is 37.2 Å². The molecule has 0 unspecified atom stereocenters. The van der Waals surface area contributed by atoms with Crippen LogP contribution in [-0.2, 0) is 4.79 Å². The molecule has 0 saturated heterocycles. The lowest BCUT2D eigenvalue weighted by molar-refractivity contribution is -0.192. The largest absolute Gasteiger partial charge is 0.490 e. The Morgan fingerprint density at radius 3 is 2.52 bits per heavy atom. The van der Waals surface area contributed by atoms with Gasteiger partial charge in [0.25, 0.3) is 0 Å². The predicted molar refractivity (Wildman–Crippen MR) is 116 cm³/mol. The molecule has 0 amide bonds. The van der Waals surface area contributed by atoms with Crippen LogP contribution >= 0.6 is 11.3 Å². The van der Waals surface area contributed by atoms with Gasteiger partial charge in [-0.3, -0.25) is 9.97 Å². The highest BCUT2D eigenvalue weighted by atomic mass is 32.1. The van der Waals surface area contributed by atoms with E-state index in [1.807, 2.05) is 35.9 Å². The average molecular weight is 474 g/mol. The molecule has 6 nitrogen and oxygen atoms in total. The zero-order valence-electron chi connectivity index (χ0n) is 16.8. The quantitative estimate of drug-likeness (QED) is 0.307. The topological polar surface area (TPSA) is 91.8 Å². The summed E-state index contributed by atoms with van der Waals surface area (Å²) in [6, 6.07) is 5.80. The lowest BCUT2D eigenvalue weighted by Crippen LogP contribution is -2.21. The number of nitrogens with one attached hydrogen (secondary N) is 1. The van der Waals surface area contributed by atoms with E-state index in [1.165, 1.54) is 6.20 Å². The summed E-state index contributed by atoms with van der Waals surface area (Å²) in [6.45, 7) is 2.00. The minimum absolute atomic E-state index is 0.320.